The summed E-state index contributed by atoms with van der Waals surface area (Å²) in [7, 11) is 0. The molecule has 0 aliphatic carbocycles. The van der Waals surface area contributed by atoms with Gasteiger partial charge in [0.25, 0.3) is 0 Å². The van der Waals surface area contributed by atoms with Crippen LogP contribution in [0.1, 0.15) is 26.2 Å². The number of halogens is 2. The number of amides is 1. The molecule has 0 spiro atoms. The van der Waals surface area contributed by atoms with E-state index >= 15 is 0 Å². The minimum Gasteiger partial charge on any atom is -0.491 e. The zero-order valence-corrected chi connectivity index (χ0v) is 12.3. The number of ether oxygens (including phenoxy) is 1. The van der Waals surface area contributed by atoms with E-state index in [1.165, 1.54) is 12.1 Å². The molecule has 2 N–H and O–H groups in total. The van der Waals surface area contributed by atoms with Crippen molar-refractivity contribution in [3.8, 4) is 5.75 Å². The first kappa shape index (κ1) is 16.7. The van der Waals surface area contributed by atoms with E-state index in [0.29, 0.717) is 12.3 Å². The zero-order chi connectivity index (χ0) is 13.7. The van der Waals surface area contributed by atoms with Crippen LogP contribution >= 0.6 is 12.4 Å². The first-order chi connectivity index (χ1) is 9.20. The largest absolute Gasteiger partial charge is 0.491 e. The number of hydrogen-bond donors (Lipinski definition) is 2. The van der Waals surface area contributed by atoms with Crippen molar-refractivity contribution in [2.75, 3.05) is 18.5 Å². The molecule has 0 unspecified atom stereocenters. The minimum absolute atomic E-state index is 0. The van der Waals surface area contributed by atoms with Crippen LogP contribution in [-0.2, 0) is 4.79 Å². The van der Waals surface area contributed by atoms with E-state index in [1.807, 2.05) is 0 Å². The molecule has 1 heterocycles. The van der Waals surface area contributed by atoms with E-state index in [0.717, 1.165) is 25.8 Å². The Labute approximate surface area is 124 Å². The summed E-state index contributed by atoms with van der Waals surface area (Å²) in [5, 5.41) is 5.88. The maximum absolute atomic E-state index is 13.6. The molecular weight excluding hydrogens is 283 g/mol. The first-order valence-corrected chi connectivity index (χ1v) is 6.67. The number of benzene rings is 1. The Hall–Kier alpha value is -1.33. The molecule has 1 fully saturated rings. The second kappa shape index (κ2) is 8.07. The van der Waals surface area contributed by atoms with Crippen molar-refractivity contribution in [2.45, 2.75) is 32.2 Å². The van der Waals surface area contributed by atoms with Gasteiger partial charge in [0.15, 0.2) is 11.6 Å². The van der Waals surface area contributed by atoms with E-state index in [4.69, 9.17) is 4.74 Å². The Morgan fingerprint density at radius 2 is 2.30 bits per heavy atom. The van der Waals surface area contributed by atoms with Crippen LogP contribution in [0.5, 0.6) is 5.75 Å². The standard InChI is InChI=1S/C14H19FN2O2.ClH/c1-2-19-13-7-6-10(9-11(13)15)17-14(18)12-5-3-4-8-16-12;/h6-7,9,12,16H,2-5,8H2,1H3,(H,17,18);1H/t12-;/m1./s1. The van der Waals surface area contributed by atoms with Crippen molar-refractivity contribution in [1.29, 1.82) is 0 Å². The summed E-state index contributed by atoms with van der Waals surface area (Å²) < 4.78 is 18.8. The number of anilines is 1. The number of piperidine rings is 1. The van der Waals surface area contributed by atoms with Crippen molar-refractivity contribution >= 4 is 24.0 Å². The van der Waals surface area contributed by atoms with Gasteiger partial charge in [-0.05, 0) is 38.4 Å². The van der Waals surface area contributed by atoms with Gasteiger partial charge in [0.05, 0.1) is 12.6 Å². The lowest BCUT2D eigenvalue weighted by atomic mass is 10.0. The molecule has 1 aliphatic heterocycles. The first-order valence-electron chi connectivity index (χ1n) is 6.67. The third-order valence-electron chi connectivity index (χ3n) is 3.13. The fraction of sp³-hybridized carbons (Fsp3) is 0.500. The number of hydrogen-bond acceptors (Lipinski definition) is 3. The van der Waals surface area contributed by atoms with Crippen LogP contribution in [0.2, 0.25) is 0 Å². The van der Waals surface area contributed by atoms with Gasteiger partial charge in [0, 0.05) is 11.8 Å². The van der Waals surface area contributed by atoms with Crippen molar-refractivity contribution in [1.82, 2.24) is 5.32 Å². The normalized spacial score (nSPS) is 18.0. The maximum Gasteiger partial charge on any atom is 0.241 e. The topological polar surface area (TPSA) is 50.4 Å². The molecular formula is C14H20ClFN2O2. The minimum atomic E-state index is -0.462. The van der Waals surface area contributed by atoms with Gasteiger partial charge >= 0.3 is 0 Å². The third-order valence-corrected chi connectivity index (χ3v) is 3.13. The third kappa shape index (κ3) is 4.35. The quantitative estimate of drug-likeness (QED) is 0.899. The average molecular weight is 303 g/mol. The van der Waals surface area contributed by atoms with Crippen molar-refractivity contribution in [3.05, 3.63) is 24.0 Å². The second-order valence-electron chi connectivity index (χ2n) is 4.57. The highest BCUT2D eigenvalue weighted by Gasteiger charge is 2.20. The lowest BCUT2D eigenvalue weighted by Crippen LogP contribution is -2.43. The molecule has 1 aromatic carbocycles. The molecule has 1 aliphatic rings. The Kier molecular flexibility index (Phi) is 6.75. The van der Waals surface area contributed by atoms with Crippen LogP contribution < -0.4 is 15.4 Å². The van der Waals surface area contributed by atoms with Crippen molar-refractivity contribution < 1.29 is 13.9 Å². The van der Waals surface area contributed by atoms with Crippen LogP contribution in [0.4, 0.5) is 10.1 Å². The molecule has 1 amide bonds. The average Bonchev–Trinajstić information content (AvgIpc) is 2.43. The molecule has 1 atom stereocenters. The van der Waals surface area contributed by atoms with E-state index in [1.54, 1.807) is 13.0 Å². The highest BCUT2D eigenvalue weighted by molar-refractivity contribution is 5.94. The second-order valence-corrected chi connectivity index (χ2v) is 4.57. The van der Waals surface area contributed by atoms with Crippen LogP contribution in [0.3, 0.4) is 0 Å². The molecule has 112 valence electrons. The summed E-state index contributed by atoms with van der Waals surface area (Å²) >= 11 is 0. The Bertz CT molecular complexity index is 451. The Morgan fingerprint density at radius 1 is 1.50 bits per heavy atom. The lowest BCUT2D eigenvalue weighted by Gasteiger charge is -2.22. The summed E-state index contributed by atoms with van der Waals surface area (Å²) in [6.45, 7) is 3.06. The smallest absolute Gasteiger partial charge is 0.241 e. The molecule has 0 saturated carbocycles. The van der Waals surface area contributed by atoms with E-state index < -0.39 is 5.82 Å². The molecule has 0 aromatic heterocycles. The summed E-state index contributed by atoms with van der Waals surface area (Å²) in [5.41, 5.74) is 0.457. The van der Waals surface area contributed by atoms with Crippen LogP contribution in [-0.4, -0.2) is 25.1 Å². The summed E-state index contributed by atoms with van der Waals surface area (Å²) in [6.07, 6.45) is 2.97. The molecule has 0 bridgehead atoms. The maximum atomic E-state index is 13.6. The highest BCUT2D eigenvalue weighted by Crippen LogP contribution is 2.21. The van der Waals surface area contributed by atoms with Gasteiger partial charge in [-0.2, -0.15) is 0 Å². The van der Waals surface area contributed by atoms with Crippen LogP contribution in [0.25, 0.3) is 0 Å². The molecule has 4 nitrogen and oxygen atoms in total. The zero-order valence-electron chi connectivity index (χ0n) is 11.4. The van der Waals surface area contributed by atoms with Gasteiger partial charge in [-0.15, -0.1) is 12.4 Å². The number of nitrogens with one attached hydrogen (secondary N) is 2. The predicted molar refractivity (Wildman–Crippen MR) is 79.1 cm³/mol. The molecule has 0 radical (unpaired) electrons. The Balaban J connectivity index is 0.00000200. The van der Waals surface area contributed by atoms with Gasteiger partial charge in [-0.3, -0.25) is 4.79 Å². The predicted octanol–water partition coefficient (Wildman–Crippen LogP) is 2.73. The van der Waals surface area contributed by atoms with Gasteiger partial charge in [-0.1, -0.05) is 6.42 Å². The number of carbonyl (C=O) groups excluding carboxylic acids is 1. The summed E-state index contributed by atoms with van der Waals surface area (Å²) in [6, 6.07) is 4.28. The molecule has 20 heavy (non-hydrogen) atoms. The number of carbonyl (C=O) groups is 1. The summed E-state index contributed by atoms with van der Waals surface area (Å²) in [4.78, 5) is 12.0. The van der Waals surface area contributed by atoms with Crippen LogP contribution in [0.15, 0.2) is 18.2 Å². The SMILES string of the molecule is CCOc1ccc(NC(=O)[C@H]2CCCCN2)cc1F.Cl. The molecule has 1 aromatic rings. The molecule has 6 heteroatoms. The fourth-order valence-corrected chi connectivity index (χ4v) is 2.16. The van der Waals surface area contributed by atoms with Crippen molar-refractivity contribution in [2.24, 2.45) is 0 Å². The Morgan fingerprint density at radius 3 is 2.90 bits per heavy atom. The van der Waals surface area contributed by atoms with Gasteiger partial charge in [-0.25, -0.2) is 4.39 Å². The van der Waals surface area contributed by atoms with E-state index in [9.17, 15) is 9.18 Å². The summed E-state index contributed by atoms with van der Waals surface area (Å²) in [5.74, 6) is -0.365. The lowest BCUT2D eigenvalue weighted by molar-refractivity contribution is -0.118. The van der Waals surface area contributed by atoms with Crippen LogP contribution in [0, 0.1) is 5.82 Å². The molecule has 1 saturated heterocycles. The van der Waals surface area contributed by atoms with E-state index in [-0.39, 0.29) is 30.1 Å². The van der Waals surface area contributed by atoms with Gasteiger partial charge < -0.3 is 15.4 Å². The number of rotatable bonds is 4. The van der Waals surface area contributed by atoms with E-state index in [2.05, 4.69) is 10.6 Å². The van der Waals surface area contributed by atoms with Gasteiger partial charge in [0.1, 0.15) is 0 Å². The fourth-order valence-electron chi connectivity index (χ4n) is 2.16. The molecule has 2 rings (SSSR count). The van der Waals surface area contributed by atoms with Crippen molar-refractivity contribution in [3.63, 3.8) is 0 Å². The highest BCUT2D eigenvalue weighted by atomic mass is 35.5. The monoisotopic (exact) mass is 302 g/mol. The van der Waals surface area contributed by atoms with Gasteiger partial charge in [0.2, 0.25) is 5.91 Å².